The third-order valence-electron chi connectivity index (χ3n) is 18.5. The molecule has 0 radical (unpaired) electrons. The van der Waals surface area contributed by atoms with Crippen LogP contribution in [0.2, 0.25) is 0 Å². The Morgan fingerprint density at radius 2 is 0.490 bits per heavy atom. The lowest BCUT2D eigenvalue weighted by Gasteiger charge is -2.40. The van der Waals surface area contributed by atoms with Crippen LogP contribution >= 0.6 is 0 Å². The van der Waals surface area contributed by atoms with Gasteiger partial charge in [-0.25, -0.2) is 0 Å². The van der Waals surface area contributed by atoms with Gasteiger partial charge in [0, 0.05) is 35.2 Å². The Bertz CT molecular complexity index is 3860. The van der Waals surface area contributed by atoms with Crippen LogP contribution in [-0.2, 0) is 18.9 Å². The molecule has 2 aliphatic rings. The number of hydrogen-bond acceptors (Lipinski definition) is 18. The van der Waals surface area contributed by atoms with Gasteiger partial charge >= 0.3 is 0 Å². The summed E-state index contributed by atoms with van der Waals surface area (Å²) in [6.45, 7) is 12.2. The maximum absolute atomic E-state index is 6.52. The maximum atomic E-state index is 6.52. The van der Waals surface area contributed by atoms with Crippen LogP contribution in [0.5, 0.6) is 80.5 Å². The summed E-state index contributed by atoms with van der Waals surface area (Å²) in [6.07, 6.45) is 10.8. The molecule has 18 heteroatoms. The van der Waals surface area contributed by atoms with E-state index < -0.39 is 0 Å². The second-order valence-corrected chi connectivity index (χ2v) is 25.9. The van der Waals surface area contributed by atoms with Crippen LogP contribution in [-0.4, -0.2) is 107 Å². The minimum atomic E-state index is -0.0719. The van der Waals surface area contributed by atoms with Crippen LogP contribution in [0.15, 0.2) is 218 Å². The average Bonchev–Trinajstić information content (AvgIpc) is 0.751. The van der Waals surface area contributed by atoms with Crippen LogP contribution in [0.1, 0.15) is 78.1 Å². The molecule has 0 saturated carbocycles. The van der Waals surface area contributed by atoms with Gasteiger partial charge in [-0.05, 0) is 231 Å². The van der Waals surface area contributed by atoms with E-state index >= 15 is 0 Å². The molecule has 10 aromatic rings. The summed E-state index contributed by atoms with van der Waals surface area (Å²) in [5, 5.41) is 4.04. The smallest absolute Gasteiger partial charge is 0.230 e. The molecule has 0 unspecified atom stereocenters. The molecule has 0 N–H and O–H groups in total. The zero-order valence-electron chi connectivity index (χ0n) is 59.5. The number of rotatable bonds is 47. The molecule has 18 nitrogen and oxygen atoms in total. The zero-order valence-corrected chi connectivity index (χ0v) is 59.5. The monoisotopic (exact) mass is 1410 g/mol. The van der Waals surface area contributed by atoms with Crippen LogP contribution < -0.4 is 66.3 Å². The van der Waals surface area contributed by atoms with E-state index in [9.17, 15) is 0 Å². The molecule has 0 atom stereocenters. The Morgan fingerprint density at radius 1 is 0.250 bits per heavy atom. The fraction of sp³-hybridized carbons (Fsp3) is 0.349. The Kier molecular flexibility index (Phi) is 27.5. The molecule has 2 saturated heterocycles. The predicted molar refractivity (Wildman–Crippen MR) is 399 cm³/mol. The van der Waals surface area contributed by atoms with E-state index in [0.717, 1.165) is 161 Å². The third-order valence-corrected chi connectivity index (χ3v) is 18.5. The highest BCUT2D eigenvalue weighted by Crippen LogP contribution is 2.46. The first-order valence-corrected chi connectivity index (χ1v) is 36.1. The fourth-order valence-electron chi connectivity index (χ4n) is 11.9. The lowest BCUT2D eigenvalue weighted by molar-refractivity contribution is -0.150. The van der Waals surface area contributed by atoms with E-state index in [4.69, 9.17) is 85.3 Å². The van der Waals surface area contributed by atoms with Gasteiger partial charge in [0.15, 0.2) is 0 Å². The number of benzene rings is 10. The van der Waals surface area contributed by atoms with Crippen molar-refractivity contribution in [2.24, 2.45) is 10.8 Å². The highest BCUT2D eigenvalue weighted by molar-refractivity contribution is 6.09. The van der Waals surface area contributed by atoms with Crippen molar-refractivity contribution < 1.29 is 85.3 Å². The molecular formula is C86H94O18. The van der Waals surface area contributed by atoms with Crippen molar-refractivity contribution >= 4 is 21.5 Å². The van der Waals surface area contributed by atoms with E-state index in [1.54, 1.807) is 0 Å². The van der Waals surface area contributed by atoms with Gasteiger partial charge in [-0.2, -0.15) is 0 Å². The summed E-state index contributed by atoms with van der Waals surface area (Å²) in [4.78, 5) is 0. The predicted octanol–water partition coefficient (Wildman–Crippen LogP) is 18.9. The average molecular weight is 1420 g/mol. The zero-order chi connectivity index (χ0) is 71.1. The molecular weight excluding hydrogens is 1320 g/mol. The van der Waals surface area contributed by atoms with Crippen LogP contribution in [0.4, 0.5) is 0 Å². The van der Waals surface area contributed by atoms with E-state index in [0.29, 0.717) is 82.2 Å². The molecule has 2 aliphatic heterocycles. The summed E-state index contributed by atoms with van der Waals surface area (Å²) in [6, 6.07) is 68.7. The van der Waals surface area contributed by atoms with E-state index in [-0.39, 0.29) is 51.6 Å². The second-order valence-electron chi connectivity index (χ2n) is 25.9. The van der Waals surface area contributed by atoms with E-state index in [1.807, 2.05) is 194 Å². The van der Waals surface area contributed by atoms with Crippen molar-refractivity contribution in [1.82, 2.24) is 0 Å². The minimum Gasteiger partial charge on any atom is -0.494 e. The Balaban J connectivity index is 0.533. The van der Waals surface area contributed by atoms with Crippen molar-refractivity contribution in [3.63, 3.8) is 0 Å². The first-order chi connectivity index (χ1) is 51.4. The molecule has 546 valence electrons. The van der Waals surface area contributed by atoms with Crippen LogP contribution in [0.25, 0.3) is 32.7 Å². The van der Waals surface area contributed by atoms with Crippen LogP contribution in [0.3, 0.4) is 0 Å². The van der Waals surface area contributed by atoms with Gasteiger partial charge in [0.2, 0.25) is 40.8 Å². The number of hydrogen-bond donors (Lipinski definition) is 0. The highest BCUT2D eigenvalue weighted by Gasteiger charge is 2.38. The van der Waals surface area contributed by atoms with Gasteiger partial charge in [0.05, 0.1) is 52.9 Å². The summed E-state index contributed by atoms with van der Waals surface area (Å²) < 4.78 is 107. The molecule has 2 fully saturated rings. The van der Waals surface area contributed by atoms with Crippen molar-refractivity contribution in [1.29, 1.82) is 0 Å². The molecule has 2 heterocycles. The molecule has 0 aliphatic carbocycles. The van der Waals surface area contributed by atoms with Gasteiger partial charge < -0.3 is 85.3 Å². The van der Waals surface area contributed by atoms with Gasteiger partial charge in [-0.3, -0.25) is 0 Å². The Hall–Kier alpha value is -10.2. The number of unbranched alkanes of at least 4 members (excludes halogenated alkanes) is 6. The molecule has 0 bridgehead atoms. The highest BCUT2D eigenvalue weighted by atomic mass is 16.7. The molecule has 12 rings (SSSR count). The summed E-state index contributed by atoms with van der Waals surface area (Å²) in [5.41, 5.74) is 2.21. The van der Waals surface area contributed by atoms with Crippen molar-refractivity contribution in [2.45, 2.75) is 78.1 Å². The summed E-state index contributed by atoms with van der Waals surface area (Å²) >= 11 is 0. The van der Waals surface area contributed by atoms with Gasteiger partial charge in [0.1, 0.15) is 80.5 Å². The molecule has 0 spiro atoms. The third kappa shape index (κ3) is 21.9. The summed E-state index contributed by atoms with van der Waals surface area (Å²) in [7, 11) is 0. The lowest BCUT2D eigenvalue weighted by atomic mass is 9.84. The van der Waals surface area contributed by atoms with Gasteiger partial charge in [-0.1, -0.05) is 87.4 Å². The molecule has 0 aromatic heterocycles. The Morgan fingerprint density at radius 3 is 0.740 bits per heavy atom. The van der Waals surface area contributed by atoms with Crippen molar-refractivity contribution in [3.05, 3.63) is 218 Å². The van der Waals surface area contributed by atoms with Gasteiger partial charge in [-0.15, -0.1) is 0 Å². The number of fused-ring (bicyclic) bond motifs is 2. The van der Waals surface area contributed by atoms with E-state index in [1.165, 1.54) is 0 Å². The standard InChI is InChI=1S/C86H94O18/c1-3-85(55-89-56-85)53-87-49-13-5-7-15-51-91-67-23-27-69(28-24-67)93-59-95-71-31-35-73(36-32-71)97-61-99-75-39-43-77(44-40-75)101-63-103-81-47-21-65-17-9-11-19-79(65)83(81)84-80-20-12-10-18-66(80)22-48-82(84)104-64-102-78-45-41-76(42-46-78)100-62-98-74-37-33-72(34-38-74)96-60-94-70-29-25-68(26-30-70)92-52-16-8-6-14-50-88-54-86(4-2)57-90-58-86/h9-12,17-48H,3-8,13-16,49-64H2,1-2H3. The lowest BCUT2D eigenvalue weighted by Crippen LogP contribution is -2.45. The molecule has 10 aromatic carbocycles. The van der Waals surface area contributed by atoms with Crippen molar-refractivity contribution in [3.8, 4) is 91.6 Å². The molecule has 0 amide bonds. The fourth-order valence-corrected chi connectivity index (χ4v) is 11.9. The quantitative estimate of drug-likeness (QED) is 0.0261. The normalized spacial score (nSPS) is 13.4. The van der Waals surface area contributed by atoms with Crippen LogP contribution in [0, 0.1) is 10.8 Å². The first kappa shape index (κ1) is 73.5. The summed E-state index contributed by atoms with van der Waals surface area (Å²) in [5.74, 6) is 9.14. The second kappa shape index (κ2) is 38.9. The molecule has 104 heavy (non-hydrogen) atoms. The largest absolute Gasteiger partial charge is 0.494 e. The van der Waals surface area contributed by atoms with Crippen molar-refractivity contribution in [2.75, 3.05) is 107 Å². The van der Waals surface area contributed by atoms with Gasteiger partial charge in [0.25, 0.3) is 0 Å². The minimum absolute atomic E-state index is 0.00680. The topological polar surface area (TPSA) is 166 Å². The first-order valence-electron chi connectivity index (χ1n) is 36.1. The Labute approximate surface area is 609 Å². The SMILES string of the molecule is CCC1(COCCCCCCOc2ccc(OCOc3ccc(OCOc4ccc(OCOc5ccc6ccccc6c5-c5c(OCOc6ccc(OCOc7ccc(OCOc8ccc(OCCCCCCOCC9(CC)COC9)cc8)cc7)cc6)ccc6ccccc56)cc4)cc3)cc2)COC1. The maximum Gasteiger partial charge on any atom is 0.230 e. The number of ether oxygens (including phenoxy) is 18. The van der Waals surface area contributed by atoms with E-state index in [2.05, 4.69) is 38.1 Å².